The van der Waals surface area contributed by atoms with Crippen LogP contribution in [-0.2, 0) is 6.54 Å². The Labute approximate surface area is 103 Å². The Morgan fingerprint density at radius 2 is 2.29 bits per heavy atom. The topological polar surface area (TPSA) is 53.6 Å². The minimum absolute atomic E-state index is 0.332. The first-order valence-corrected chi connectivity index (χ1v) is 6.38. The second-order valence-electron chi connectivity index (χ2n) is 5.02. The molecular formula is C13H20N4. The third-order valence-corrected chi connectivity index (χ3v) is 3.49. The van der Waals surface area contributed by atoms with Gasteiger partial charge in [0.15, 0.2) is 0 Å². The van der Waals surface area contributed by atoms with Crippen molar-refractivity contribution < 1.29 is 0 Å². The van der Waals surface area contributed by atoms with Gasteiger partial charge in [-0.15, -0.1) is 0 Å². The van der Waals surface area contributed by atoms with Crippen LogP contribution in [0, 0.1) is 16.7 Å². The maximum atomic E-state index is 8.70. The van der Waals surface area contributed by atoms with E-state index in [9.17, 15) is 0 Å². The van der Waals surface area contributed by atoms with Crippen LogP contribution in [0.4, 0.5) is 0 Å². The monoisotopic (exact) mass is 232 g/mol. The Kier molecular flexibility index (Phi) is 4.16. The van der Waals surface area contributed by atoms with Crippen molar-refractivity contribution in [3.05, 3.63) is 18.7 Å². The molecule has 0 atom stereocenters. The summed E-state index contributed by atoms with van der Waals surface area (Å²) in [5.74, 6) is 0. The number of aromatic nitrogens is 2. The van der Waals surface area contributed by atoms with Crippen molar-refractivity contribution in [3.63, 3.8) is 0 Å². The van der Waals surface area contributed by atoms with Gasteiger partial charge in [0.1, 0.15) is 0 Å². The lowest BCUT2D eigenvalue weighted by Crippen LogP contribution is -2.24. The summed E-state index contributed by atoms with van der Waals surface area (Å²) >= 11 is 0. The number of rotatable bonds is 8. The number of unbranched alkanes of at least 4 members (excludes halogenated alkanes) is 1. The molecule has 1 saturated carbocycles. The maximum Gasteiger partial charge on any atom is 0.0945 e. The highest BCUT2D eigenvalue weighted by atomic mass is 15.0. The minimum Gasteiger partial charge on any atom is -0.337 e. The summed E-state index contributed by atoms with van der Waals surface area (Å²) in [6.45, 7) is 3.12. The highest BCUT2D eigenvalue weighted by Gasteiger charge is 2.41. The summed E-state index contributed by atoms with van der Waals surface area (Å²) in [6.07, 6.45) is 11.2. The third kappa shape index (κ3) is 3.86. The molecule has 1 heterocycles. The van der Waals surface area contributed by atoms with Crippen LogP contribution in [0.1, 0.15) is 32.1 Å². The van der Waals surface area contributed by atoms with Crippen LogP contribution in [0.15, 0.2) is 18.7 Å². The predicted octanol–water partition coefficient (Wildman–Crippen LogP) is 1.95. The molecule has 1 N–H and O–H groups in total. The van der Waals surface area contributed by atoms with Gasteiger partial charge in [0.05, 0.1) is 12.4 Å². The Balaban J connectivity index is 1.48. The Bertz CT molecular complexity index is 359. The van der Waals surface area contributed by atoms with Crippen molar-refractivity contribution in [2.75, 3.05) is 13.1 Å². The molecule has 4 heteroatoms. The molecule has 1 aliphatic rings. The second kappa shape index (κ2) is 5.83. The van der Waals surface area contributed by atoms with E-state index in [1.165, 1.54) is 25.7 Å². The summed E-state index contributed by atoms with van der Waals surface area (Å²) in [5, 5.41) is 12.2. The summed E-state index contributed by atoms with van der Waals surface area (Å²) in [7, 11) is 0. The van der Waals surface area contributed by atoms with Crippen molar-refractivity contribution >= 4 is 0 Å². The first kappa shape index (κ1) is 12.1. The molecule has 1 aromatic heterocycles. The molecule has 0 unspecified atom stereocenters. The van der Waals surface area contributed by atoms with Crippen molar-refractivity contribution in [2.24, 2.45) is 5.41 Å². The van der Waals surface area contributed by atoms with Gasteiger partial charge in [-0.2, -0.15) is 5.26 Å². The minimum atomic E-state index is 0.332. The number of nitriles is 1. The Morgan fingerprint density at radius 3 is 2.94 bits per heavy atom. The fourth-order valence-corrected chi connectivity index (χ4v) is 2.08. The quantitative estimate of drug-likeness (QED) is 0.697. The molecule has 0 spiro atoms. The van der Waals surface area contributed by atoms with Crippen LogP contribution in [0.25, 0.3) is 0 Å². The summed E-state index contributed by atoms with van der Waals surface area (Å²) in [6, 6.07) is 2.29. The van der Waals surface area contributed by atoms with E-state index in [4.69, 9.17) is 5.26 Å². The zero-order valence-corrected chi connectivity index (χ0v) is 10.2. The Morgan fingerprint density at radius 1 is 1.41 bits per heavy atom. The van der Waals surface area contributed by atoms with E-state index in [2.05, 4.69) is 20.9 Å². The van der Waals surface area contributed by atoms with Crippen LogP contribution in [0.2, 0.25) is 0 Å². The SMILES string of the molecule is N#CCC1(CNCCCCn2ccnc2)CC1. The number of nitrogens with one attached hydrogen (secondary N) is 1. The van der Waals surface area contributed by atoms with Crippen LogP contribution < -0.4 is 5.32 Å². The molecule has 4 nitrogen and oxygen atoms in total. The molecule has 0 aliphatic heterocycles. The summed E-state index contributed by atoms with van der Waals surface area (Å²) in [4.78, 5) is 4.01. The molecule has 17 heavy (non-hydrogen) atoms. The normalized spacial score (nSPS) is 16.6. The van der Waals surface area contributed by atoms with Crippen molar-refractivity contribution in [1.82, 2.24) is 14.9 Å². The van der Waals surface area contributed by atoms with Crippen molar-refractivity contribution in [2.45, 2.75) is 38.6 Å². The molecule has 0 radical (unpaired) electrons. The zero-order valence-electron chi connectivity index (χ0n) is 10.2. The molecule has 0 aromatic carbocycles. The first-order chi connectivity index (χ1) is 8.35. The highest BCUT2D eigenvalue weighted by molar-refractivity contribution is 5.00. The van der Waals surface area contributed by atoms with E-state index >= 15 is 0 Å². The number of imidazole rings is 1. The molecule has 0 bridgehead atoms. The van der Waals surface area contributed by atoms with E-state index < -0.39 is 0 Å². The first-order valence-electron chi connectivity index (χ1n) is 6.38. The fourth-order valence-electron chi connectivity index (χ4n) is 2.08. The van der Waals surface area contributed by atoms with Gasteiger partial charge in [-0.05, 0) is 37.6 Å². The van der Waals surface area contributed by atoms with Crippen LogP contribution in [0.5, 0.6) is 0 Å². The van der Waals surface area contributed by atoms with Crippen LogP contribution in [-0.4, -0.2) is 22.6 Å². The van der Waals surface area contributed by atoms with E-state index in [-0.39, 0.29) is 0 Å². The molecular weight excluding hydrogens is 212 g/mol. The number of hydrogen-bond donors (Lipinski definition) is 1. The lowest BCUT2D eigenvalue weighted by Gasteiger charge is -2.11. The molecule has 1 aromatic rings. The zero-order chi connectivity index (χ0) is 12.0. The fraction of sp³-hybridized carbons (Fsp3) is 0.692. The average Bonchev–Trinajstić information content (AvgIpc) is 2.90. The van der Waals surface area contributed by atoms with Gasteiger partial charge in [-0.1, -0.05) is 0 Å². The van der Waals surface area contributed by atoms with Gasteiger partial charge in [-0.25, -0.2) is 4.98 Å². The molecule has 0 saturated heterocycles. The van der Waals surface area contributed by atoms with Crippen LogP contribution >= 0.6 is 0 Å². The van der Waals surface area contributed by atoms with E-state index in [1.54, 1.807) is 0 Å². The average molecular weight is 232 g/mol. The smallest absolute Gasteiger partial charge is 0.0945 e. The van der Waals surface area contributed by atoms with Crippen molar-refractivity contribution in [3.8, 4) is 6.07 Å². The largest absolute Gasteiger partial charge is 0.337 e. The maximum absolute atomic E-state index is 8.70. The molecule has 1 aliphatic carbocycles. The standard InChI is InChI=1S/C13H20N4/c14-6-5-13(3-4-13)11-15-7-1-2-9-17-10-8-16-12-17/h8,10,12,15H,1-5,7,9,11H2. The molecule has 1 fully saturated rings. The Hall–Kier alpha value is -1.34. The predicted molar refractivity (Wildman–Crippen MR) is 66.2 cm³/mol. The number of aryl methyl sites for hydroxylation is 1. The lowest BCUT2D eigenvalue weighted by atomic mass is 10.0. The lowest BCUT2D eigenvalue weighted by molar-refractivity contribution is 0.456. The van der Waals surface area contributed by atoms with Gasteiger partial charge in [0.2, 0.25) is 0 Å². The molecule has 2 rings (SSSR count). The van der Waals surface area contributed by atoms with Gasteiger partial charge >= 0.3 is 0 Å². The van der Waals surface area contributed by atoms with Gasteiger partial charge in [0, 0.05) is 31.9 Å². The summed E-state index contributed by atoms with van der Waals surface area (Å²) in [5.41, 5.74) is 0.332. The van der Waals surface area contributed by atoms with Gasteiger partial charge < -0.3 is 9.88 Å². The number of nitrogens with zero attached hydrogens (tertiary/aromatic N) is 3. The molecule has 0 amide bonds. The van der Waals surface area contributed by atoms with Gasteiger partial charge in [-0.3, -0.25) is 0 Å². The van der Waals surface area contributed by atoms with Crippen LogP contribution in [0.3, 0.4) is 0 Å². The van der Waals surface area contributed by atoms with E-state index in [1.807, 2.05) is 18.7 Å². The summed E-state index contributed by atoms with van der Waals surface area (Å²) < 4.78 is 2.11. The third-order valence-electron chi connectivity index (χ3n) is 3.49. The van der Waals surface area contributed by atoms with E-state index in [0.29, 0.717) is 5.41 Å². The number of hydrogen-bond acceptors (Lipinski definition) is 3. The van der Waals surface area contributed by atoms with E-state index in [0.717, 1.165) is 26.1 Å². The molecule has 92 valence electrons. The van der Waals surface area contributed by atoms with Gasteiger partial charge in [0.25, 0.3) is 0 Å². The highest BCUT2D eigenvalue weighted by Crippen LogP contribution is 2.47. The second-order valence-corrected chi connectivity index (χ2v) is 5.02. The van der Waals surface area contributed by atoms with Crippen molar-refractivity contribution in [1.29, 1.82) is 5.26 Å².